The molecule has 82 valence electrons. The van der Waals surface area contributed by atoms with Gasteiger partial charge in [0.2, 0.25) is 0 Å². The highest BCUT2D eigenvalue weighted by atomic mass is 19.1. The first kappa shape index (κ1) is 10.5. The lowest BCUT2D eigenvalue weighted by molar-refractivity contribution is 0.580. The molecule has 1 aromatic heterocycles. The van der Waals surface area contributed by atoms with Crippen LogP contribution >= 0.6 is 0 Å². The van der Waals surface area contributed by atoms with Gasteiger partial charge in [0, 0.05) is 12.3 Å². The second-order valence-corrected chi connectivity index (χ2v) is 3.54. The maximum atomic E-state index is 12.9. The molecule has 1 heterocycles. The summed E-state index contributed by atoms with van der Waals surface area (Å²) in [5, 5.41) is 0. The van der Waals surface area contributed by atoms with Crippen molar-refractivity contribution in [3.05, 3.63) is 59.3 Å². The highest BCUT2D eigenvalue weighted by molar-refractivity contribution is 5.35. The molecule has 0 aliphatic heterocycles. The number of hydrogen-bond acceptors (Lipinski definition) is 2. The number of nitrogens with two attached hydrogens (primary N) is 1. The van der Waals surface area contributed by atoms with Gasteiger partial charge in [0.05, 0.1) is 0 Å². The molecule has 2 rings (SSSR count). The third kappa shape index (κ3) is 2.53. The molecule has 2 aromatic rings. The summed E-state index contributed by atoms with van der Waals surface area (Å²) in [7, 11) is 0. The van der Waals surface area contributed by atoms with Crippen molar-refractivity contribution in [3.63, 3.8) is 0 Å². The van der Waals surface area contributed by atoms with Gasteiger partial charge < -0.3 is 5.73 Å². The highest BCUT2D eigenvalue weighted by Gasteiger charge is 2.02. The van der Waals surface area contributed by atoms with Crippen LogP contribution in [-0.2, 0) is 6.42 Å². The van der Waals surface area contributed by atoms with Gasteiger partial charge in [0.1, 0.15) is 17.5 Å². The van der Waals surface area contributed by atoms with Gasteiger partial charge >= 0.3 is 0 Å². The van der Waals surface area contributed by atoms with Crippen LogP contribution in [0.25, 0.3) is 0 Å². The lowest BCUT2D eigenvalue weighted by atomic mass is 10.1. The zero-order valence-electron chi connectivity index (χ0n) is 8.45. The summed E-state index contributed by atoms with van der Waals surface area (Å²) in [4.78, 5) is 3.85. The van der Waals surface area contributed by atoms with E-state index in [1.165, 1.54) is 12.1 Å². The van der Waals surface area contributed by atoms with Crippen LogP contribution in [0.2, 0.25) is 0 Å². The van der Waals surface area contributed by atoms with Crippen LogP contribution in [0.5, 0.6) is 0 Å². The number of hydrogen-bond donors (Lipinski definition) is 1. The number of nitrogens with zero attached hydrogens (tertiary/aromatic N) is 1. The highest BCUT2D eigenvalue weighted by Crippen LogP contribution is 2.13. The van der Waals surface area contributed by atoms with Crippen molar-refractivity contribution < 1.29 is 8.78 Å². The van der Waals surface area contributed by atoms with Crippen molar-refractivity contribution in [2.24, 2.45) is 0 Å². The molecule has 16 heavy (non-hydrogen) atoms. The number of halogens is 2. The maximum Gasteiger partial charge on any atom is 0.126 e. The lowest BCUT2D eigenvalue weighted by Crippen LogP contribution is -1.94. The predicted molar refractivity (Wildman–Crippen MR) is 57.8 cm³/mol. The Hall–Kier alpha value is -1.97. The van der Waals surface area contributed by atoms with E-state index in [-0.39, 0.29) is 0 Å². The molecule has 0 atom stereocenters. The molecule has 2 N–H and O–H groups in total. The van der Waals surface area contributed by atoms with Crippen molar-refractivity contribution in [2.45, 2.75) is 6.42 Å². The first-order valence-corrected chi connectivity index (χ1v) is 4.79. The minimum absolute atomic E-state index is 0.398. The number of pyridine rings is 1. The van der Waals surface area contributed by atoms with Gasteiger partial charge in [0.25, 0.3) is 0 Å². The summed E-state index contributed by atoms with van der Waals surface area (Å²) in [6.07, 6.45) is 2.00. The van der Waals surface area contributed by atoms with E-state index in [1.807, 2.05) is 0 Å². The second kappa shape index (κ2) is 4.26. The lowest BCUT2D eigenvalue weighted by Gasteiger charge is -2.03. The molecule has 0 radical (unpaired) electrons. The van der Waals surface area contributed by atoms with Crippen LogP contribution in [0.3, 0.4) is 0 Å². The molecule has 0 aliphatic rings. The molecule has 1 aromatic carbocycles. The molecule has 0 aliphatic carbocycles. The van der Waals surface area contributed by atoms with Gasteiger partial charge in [-0.3, -0.25) is 0 Å². The Kier molecular flexibility index (Phi) is 2.81. The largest absolute Gasteiger partial charge is 0.384 e. The molecular formula is C12H10F2N2. The number of anilines is 1. The summed E-state index contributed by atoms with van der Waals surface area (Å²) in [6, 6.07) is 6.91. The number of nitrogen functional groups attached to an aromatic ring is 1. The molecule has 0 saturated carbocycles. The average molecular weight is 220 g/mol. The Morgan fingerprint density at radius 2 is 1.69 bits per heavy atom. The maximum absolute atomic E-state index is 12.9. The quantitative estimate of drug-likeness (QED) is 0.844. The van der Waals surface area contributed by atoms with Crippen LogP contribution in [0.15, 0.2) is 36.5 Å². The summed E-state index contributed by atoms with van der Waals surface area (Å²) >= 11 is 0. The van der Waals surface area contributed by atoms with Crippen LogP contribution in [0, 0.1) is 11.6 Å². The molecule has 0 spiro atoms. The van der Waals surface area contributed by atoms with E-state index in [2.05, 4.69) is 4.98 Å². The van der Waals surface area contributed by atoms with Gasteiger partial charge in [-0.1, -0.05) is 0 Å². The van der Waals surface area contributed by atoms with Gasteiger partial charge in [-0.15, -0.1) is 0 Å². The minimum atomic E-state index is -0.572. The zero-order chi connectivity index (χ0) is 11.5. The molecule has 0 amide bonds. The van der Waals surface area contributed by atoms with E-state index in [0.717, 1.165) is 11.6 Å². The third-order valence-corrected chi connectivity index (χ3v) is 2.18. The topological polar surface area (TPSA) is 38.9 Å². The molecule has 0 unspecified atom stereocenters. The average Bonchev–Trinajstić information content (AvgIpc) is 2.15. The van der Waals surface area contributed by atoms with E-state index in [1.54, 1.807) is 18.3 Å². The summed E-state index contributed by atoms with van der Waals surface area (Å²) in [5.74, 6) is -0.747. The van der Waals surface area contributed by atoms with Crippen LogP contribution in [0.1, 0.15) is 11.1 Å². The van der Waals surface area contributed by atoms with Crippen molar-refractivity contribution >= 4 is 5.82 Å². The Bertz CT molecular complexity index is 492. The fourth-order valence-corrected chi connectivity index (χ4v) is 1.55. The minimum Gasteiger partial charge on any atom is -0.384 e. The van der Waals surface area contributed by atoms with Crippen molar-refractivity contribution in [1.82, 2.24) is 4.98 Å². The van der Waals surface area contributed by atoms with Crippen molar-refractivity contribution in [3.8, 4) is 0 Å². The molecule has 0 fully saturated rings. The predicted octanol–water partition coefficient (Wildman–Crippen LogP) is 2.53. The molecular weight excluding hydrogens is 210 g/mol. The van der Waals surface area contributed by atoms with Gasteiger partial charge in [-0.2, -0.15) is 0 Å². The molecule has 0 saturated heterocycles. The Morgan fingerprint density at radius 1 is 1.00 bits per heavy atom. The van der Waals surface area contributed by atoms with E-state index < -0.39 is 11.6 Å². The number of benzene rings is 1. The van der Waals surface area contributed by atoms with Crippen LogP contribution in [-0.4, -0.2) is 4.98 Å². The van der Waals surface area contributed by atoms with Gasteiger partial charge in [-0.25, -0.2) is 13.8 Å². The van der Waals surface area contributed by atoms with E-state index >= 15 is 0 Å². The summed E-state index contributed by atoms with van der Waals surface area (Å²) < 4.78 is 25.9. The van der Waals surface area contributed by atoms with Gasteiger partial charge in [0.15, 0.2) is 0 Å². The molecule has 0 bridgehead atoms. The van der Waals surface area contributed by atoms with Crippen LogP contribution in [0.4, 0.5) is 14.6 Å². The smallest absolute Gasteiger partial charge is 0.126 e. The SMILES string of the molecule is Nc1cc(Cc2cc(F)cc(F)c2)ccn1. The summed E-state index contributed by atoms with van der Waals surface area (Å²) in [5.41, 5.74) is 6.96. The normalized spacial score (nSPS) is 10.4. The standard InChI is InChI=1S/C12H10F2N2/c13-10-4-9(5-11(14)7-10)3-8-1-2-16-12(15)6-8/h1-2,4-7H,3H2,(H2,15,16). The zero-order valence-corrected chi connectivity index (χ0v) is 8.45. The van der Waals surface area contributed by atoms with E-state index in [0.29, 0.717) is 17.8 Å². The van der Waals surface area contributed by atoms with Crippen LogP contribution < -0.4 is 5.73 Å². The number of rotatable bonds is 2. The van der Waals surface area contributed by atoms with E-state index in [9.17, 15) is 8.78 Å². The number of aromatic nitrogens is 1. The Morgan fingerprint density at radius 3 is 2.31 bits per heavy atom. The second-order valence-electron chi connectivity index (χ2n) is 3.54. The fourth-order valence-electron chi connectivity index (χ4n) is 1.55. The molecule has 4 heteroatoms. The third-order valence-electron chi connectivity index (χ3n) is 2.18. The monoisotopic (exact) mass is 220 g/mol. The first-order valence-electron chi connectivity index (χ1n) is 4.79. The molecule has 2 nitrogen and oxygen atoms in total. The van der Waals surface area contributed by atoms with E-state index in [4.69, 9.17) is 5.73 Å². The van der Waals surface area contributed by atoms with Crippen molar-refractivity contribution in [2.75, 3.05) is 5.73 Å². The Balaban J connectivity index is 2.27. The Labute approximate surface area is 91.7 Å². The first-order chi connectivity index (χ1) is 7.63. The van der Waals surface area contributed by atoms with Crippen molar-refractivity contribution in [1.29, 1.82) is 0 Å². The fraction of sp³-hybridized carbons (Fsp3) is 0.0833. The van der Waals surface area contributed by atoms with Gasteiger partial charge in [-0.05, 0) is 41.8 Å². The summed E-state index contributed by atoms with van der Waals surface area (Å²) in [6.45, 7) is 0.